The molecule has 0 bridgehead atoms. The van der Waals surface area contributed by atoms with Gasteiger partial charge in [-0.25, -0.2) is 4.79 Å². The lowest BCUT2D eigenvalue weighted by molar-refractivity contribution is 0.262. The maximum Gasteiger partial charge on any atom is 0.323 e. The van der Waals surface area contributed by atoms with E-state index in [1.807, 2.05) is 36.4 Å². The molecule has 4 rings (SSSR count). The fourth-order valence-electron chi connectivity index (χ4n) is 3.67. The van der Waals surface area contributed by atoms with E-state index in [0.29, 0.717) is 34.6 Å². The summed E-state index contributed by atoms with van der Waals surface area (Å²) < 4.78 is 16.9. The van der Waals surface area contributed by atoms with Gasteiger partial charge in [-0.05, 0) is 53.9 Å². The van der Waals surface area contributed by atoms with Gasteiger partial charge in [0, 0.05) is 29.0 Å². The fourth-order valence-corrected chi connectivity index (χ4v) is 3.67. The number of nitrogens with zero attached hydrogens (tertiary/aromatic N) is 1. The van der Waals surface area contributed by atoms with Crippen LogP contribution in [-0.2, 0) is 0 Å². The van der Waals surface area contributed by atoms with Crippen molar-refractivity contribution in [3.63, 3.8) is 0 Å². The number of anilines is 2. The number of nitrogens with one attached hydrogen (secondary N) is 2. The minimum Gasteiger partial charge on any atom is -0.493 e. The number of ether oxygens (including phenoxy) is 3. The summed E-state index contributed by atoms with van der Waals surface area (Å²) in [6.07, 6.45) is 1.68. The number of benzene rings is 3. The third-order valence-electron chi connectivity index (χ3n) is 5.38. The van der Waals surface area contributed by atoms with Gasteiger partial charge in [0.1, 0.15) is 11.5 Å². The number of methoxy groups -OCH3 is 2. The molecule has 0 aliphatic heterocycles. The molecule has 0 spiro atoms. The third-order valence-corrected chi connectivity index (χ3v) is 5.38. The summed E-state index contributed by atoms with van der Waals surface area (Å²) in [4.78, 5) is 16.9. The Morgan fingerprint density at radius 1 is 0.853 bits per heavy atom. The molecular weight excluding hydrogens is 430 g/mol. The van der Waals surface area contributed by atoms with Gasteiger partial charge in [0.15, 0.2) is 11.5 Å². The van der Waals surface area contributed by atoms with Crippen LogP contribution in [0.2, 0.25) is 0 Å². The monoisotopic (exact) mass is 457 g/mol. The Balaban J connectivity index is 1.47. The van der Waals surface area contributed by atoms with Gasteiger partial charge >= 0.3 is 6.03 Å². The summed E-state index contributed by atoms with van der Waals surface area (Å²) in [6, 6.07) is 20.1. The van der Waals surface area contributed by atoms with Crippen LogP contribution in [0.15, 0.2) is 72.9 Å². The predicted octanol–water partition coefficient (Wildman–Crippen LogP) is 6.81. The lowest BCUT2D eigenvalue weighted by atomic mass is 10.0. The summed E-state index contributed by atoms with van der Waals surface area (Å²) in [6.45, 7) is 4.19. The zero-order valence-corrected chi connectivity index (χ0v) is 19.6. The Bertz CT molecular complexity index is 1300. The average Bonchev–Trinajstić information content (AvgIpc) is 2.84. The molecule has 0 radical (unpaired) electrons. The van der Waals surface area contributed by atoms with Crippen molar-refractivity contribution in [2.45, 2.75) is 19.8 Å². The topological polar surface area (TPSA) is 81.7 Å². The first-order chi connectivity index (χ1) is 16.5. The van der Waals surface area contributed by atoms with E-state index in [2.05, 4.69) is 29.5 Å². The van der Waals surface area contributed by atoms with Crippen molar-refractivity contribution in [2.75, 3.05) is 24.9 Å². The molecule has 174 valence electrons. The zero-order valence-electron chi connectivity index (χ0n) is 19.6. The van der Waals surface area contributed by atoms with Gasteiger partial charge in [-0.3, -0.25) is 4.98 Å². The smallest absolute Gasteiger partial charge is 0.323 e. The molecule has 0 unspecified atom stereocenters. The van der Waals surface area contributed by atoms with Crippen molar-refractivity contribution < 1.29 is 19.0 Å². The summed E-state index contributed by atoms with van der Waals surface area (Å²) in [7, 11) is 3.17. The number of hydrogen-bond acceptors (Lipinski definition) is 5. The number of hydrogen-bond donors (Lipinski definition) is 2. The van der Waals surface area contributed by atoms with Crippen molar-refractivity contribution in [3.05, 3.63) is 78.5 Å². The molecule has 0 fully saturated rings. The highest BCUT2D eigenvalue weighted by Crippen LogP contribution is 2.37. The summed E-state index contributed by atoms with van der Waals surface area (Å²) in [5.41, 5.74) is 3.26. The van der Waals surface area contributed by atoms with E-state index in [4.69, 9.17) is 14.2 Å². The van der Waals surface area contributed by atoms with Gasteiger partial charge in [0.25, 0.3) is 0 Å². The van der Waals surface area contributed by atoms with Crippen molar-refractivity contribution in [2.24, 2.45) is 0 Å². The van der Waals surface area contributed by atoms with Crippen molar-refractivity contribution in [1.82, 2.24) is 4.98 Å². The molecule has 7 nitrogen and oxygen atoms in total. The first kappa shape index (κ1) is 22.9. The van der Waals surface area contributed by atoms with Crippen molar-refractivity contribution in [1.29, 1.82) is 0 Å². The fraction of sp³-hybridized carbons (Fsp3) is 0.185. The van der Waals surface area contributed by atoms with E-state index in [9.17, 15) is 4.79 Å². The van der Waals surface area contributed by atoms with Crippen LogP contribution in [0.1, 0.15) is 25.3 Å². The Morgan fingerprint density at radius 2 is 1.56 bits per heavy atom. The lowest BCUT2D eigenvalue weighted by Gasteiger charge is -2.14. The first-order valence-electron chi connectivity index (χ1n) is 10.9. The van der Waals surface area contributed by atoms with Crippen LogP contribution >= 0.6 is 0 Å². The zero-order chi connectivity index (χ0) is 24.1. The molecule has 1 heterocycles. The molecule has 0 saturated carbocycles. The second kappa shape index (κ2) is 10.1. The van der Waals surface area contributed by atoms with E-state index in [1.54, 1.807) is 50.7 Å². The molecule has 7 heteroatoms. The van der Waals surface area contributed by atoms with Crippen LogP contribution < -0.4 is 24.8 Å². The van der Waals surface area contributed by atoms with E-state index in [-0.39, 0.29) is 6.03 Å². The molecule has 0 atom stereocenters. The predicted molar refractivity (Wildman–Crippen MR) is 135 cm³/mol. The minimum absolute atomic E-state index is 0.303. The molecule has 1 aromatic heterocycles. The van der Waals surface area contributed by atoms with Gasteiger partial charge in [-0.2, -0.15) is 0 Å². The van der Waals surface area contributed by atoms with Crippen molar-refractivity contribution in [3.8, 4) is 23.0 Å². The van der Waals surface area contributed by atoms with Crippen LogP contribution in [0.5, 0.6) is 23.0 Å². The van der Waals surface area contributed by atoms with Crippen molar-refractivity contribution >= 4 is 28.3 Å². The summed E-state index contributed by atoms with van der Waals surface area (Å²) >= 11 is 0. The molecule has 0 saturated heterocycles. The molecular formula is C27H27N3O4. The average molecular weight is 458 g/mol. The lowest BCUT2D eigenvalue weighted by Crippen LogP contribution is -2.20. The van der Waals surface area contributed by atoms with E-state index >= 15 is 0 Å². The third kappa shape index (κ3) is 5.04. The van der Waals surface area contributed by atoms with E-state index in [1.165, 1.54) is 0 Å². The SMILES string of the molecule is COc1cc2nccc(Oc3ccc(NC(=O)Nc4ccccc4C(C)C)cc3)c2cc1OC. The number of urea groups is 1. The minimum atomic E-state index is -0.303. The van der Waals surface area contributed by atoms with Crippen LogP contribution in [-0.4, -0.2) is 25.2 Å². The van der Waals surface area contributed by atoms with Gasteiger partial charge in [-0.15, -0.1) is 0 Å². The Morgan fingerprint density at radius 3 is 2.26 bits per heavy atom. The Kier molecular flexibility index (Phi) is 6.82. The second-order valence-electron chi connectivity index (χ2n) is 7.98. The van der Waals surface area contributed by atoms with Gasteiger partial charge in [0.05, 0.1) is 19.7 Å². The number of amides is 2. The molecule has 3 aromatic carbocycles. The highest BCUT2D eigenvalue weighted by molar-refractivity contribution is 6.00. The second-order valence-corrected chi connectivity index (χ2v) is 7.98. The Hall–Kier alpha value is -4.26. The van der Waals surface area contributed by atoms with E-state index < -0.39 is 0 Å². The standard InChI is InChI=1S/C27H27N3O4/c1-17(2)20-7-5-6-8-22(20)30-27(31)29-18-9-11-19(12-10-18)34-24-13-14-28-23-16-26(33-4)25(32-3)15-21(23)24/h5-17H,1-4H3,(H2,29,30,31). The highest BCUT2D eigenvalue weighted by Gasteiger charge is 2.12. The molecule has 34 heavy (non-hydrogen) atoms. The van der Waals surface area contributed by atoms with Gasteiger partial charge in [-0.1, -0.05) is 32.0 Å². The van der Waals surface area contributed by atoms with Crippen LogP contribution in [0.4, 0.5) is 16.2 Å². The molecule has 0 aliphatic rings. The molecule has 0 aliphatic carbocycles. The summed E-state index contributed by atoms with van der Waals surface area (Å²) in [5, 5.41) is 6.58. The number of para-hydroxylation sites is 1. The number of rotatable bonds is 7. The maximum absolute atomic E-state index is 12.5. The maximum atomic E-state index is 12.5. The van der Waals surface area contributed by atoms with E-state index in [0.717, 1.165) is 22.2 Å². The number of carbonyl (C=O) groups excluding carboxylic acids is 1. The van der Waals surface area contributed by atoms with Crippen LogP contribution in [0.25, 0.3) is 10.9 Å². The number of aromatic nitrogens is 1. The van der Waals surface area contributed by atoms with Crippen LogP contribution in [0.3, 0.4) is 0 Å². The van der Waals surface area contributed by atoms with Gasteiger partial charge < -0.3 is 24.8 Å². The van der Waals surface area contributed by atoms with Gasteiger partial charge in [0.2, 0.25) is 0 Å². The number of pyridine rings is 1. The van der Waals surface area contributed by atoms with Crippen LogP contribution in [0, 0.1) is 0 Å². The molecule has 2 N–H and O–H groups in total. The normalized spacial score (nSPS) is 10.7. The number of carbonyl (C=O) groups is 1. The summed E-state index contributed by atoms with van der Waals surface area (Å²) in [5.74, 6) is 2.76. The quantitative estimate of drug-likeness (QED) is 0.318. The largest absolute Gasteiger partial charge is 0.493 e. The number of fused-ring (bicyclic) bond motifs is 1. The Labute approximate surface area is 198 Å². The highest BCUT2D eigenvalue weighted by atomic mass is 16.5. The molecule has 2 amide bonds. The molecule has 4 aromatic rings. The first-order valence-corrected chi connectivity index (χ1v) is 10.9.